The molecular formula is C16H14N2O3S2. The van der Waals surface area contributed by atoms with Crippen LogP contribution in [0, 0.1) is 6.92 Å². The molecule has 1 saturated heterocycles. The number of benzene rings is 1. The van der Waals surface area contributed by atoms with Crippen LogP contribution in [0.3, 0.4) is 0 Å². The lowest BCUT2D eigenvalue weighted by Crippen LogP contribution is -2.22. The molecule has 0 saturated carbocycles. The summed E-state index contributed by atoms with van der Waals surface area (Å²) < 4.78 is 6.36. The maximum absolute atomic E-state index is 12.0. The van der Waals surface area contributed by atoms with Crippen LogP contribution in [0.4, 0.5) is 5.69 Å². The first kappa shape index (κ1) is 15.8. The molecule has 1 aromatic heterocycles. The Morgan fingerprint density at radius 3 is 2.74 bits per heavy atom. The van der Waals surface area contributed by atoms with Gasteiger partial charge in [0.1, 0.15) is 15.8 Å². The van der Waals surface area contributed by atoms with Gasteiger partial charge in [0.25, 0.3) is 5.91 Å². The third-order valence-electron chi connectivity index (χ3n) is 3.51. The number of likely N-dealkylation sites (N-methyl/N-ethyl adjacent to an activating group) is 1. The van der Waals surface area contributed by atoms with Crippen LogP contribution in [0.1, 0.15) is 11.3 Å². The molecule has 0 atom stereocenters. The van der Waals surface area contributed by atoms with Crippen LogP contribution in [0.5, 0.6) is 0 Å². The van der Waals surface area contributed by atoms with Crippen molar-refractivity contribution in [2.24, 2.45) is 0 Å². The van der Waals surface area contributed by atoms with Gasteiger partial charge in [0.05, 0.1) is 10.6 Å². The van der Waals surface area contributed by atoms with Crippen molar-refractivity contribution in [3.05, 3.63) is 46.6 Å². The van der Waals surface area contributed by atoms with Gasteiger partial charge in [-0.3, -0.25) is 20.4 Å². The van der Waals surface area contributed by atoms with Gasteiger partial charge in [0.15, 0.2) is 0 Å². The summed E-state index contributed by atoms with van der Waals surface area (Å²) in [5.41, 5.74) is 4.62. The van der Waals surface area contributed by atoms with Crippen molar-refractivity contribution in [1.29, 1.82) is 0 Å². The van der Waals surface area contributed by atoms with Gasteiger partial charge in [-0.1, -0.05) is 24.0 Å². The first-order chi connectivity index (χ1) is 11.0. The van der Waals surface area contributed by atoms with Crippen molar-refractivity contribution in [3.63, 3.8) is 0 Å². The van der Waals surface area contributed by atoms with E-state index < -0.39 is 0 Å². The Morgan fingerprint density at radius 2 is 2.13 bits per heavy atom. The summed E-state index contributed by atoms with van der Waals surface area (Å²) in [7, 11) is 1.66. The zero-order valence-corrected chi connectivity index (χ0v) is 14.1. The van der Waals surface area contributed by atoms with Crippen molar-refractivity contribution < 1.29 is 14.4 Å². The second-order valence-corrected chi connectivity index (χ2v) is 6.76. The summed E-state index contributed by atoms with van der Waals surface area (Å²) in [4.78, 5) is 14.0. The first-order valence-corrected chi connectivity index (χ1v) is 8.04. The summed E-state index contributed by atoms with van der Waals surface area (Å²) in [6, 6.07) is 9.11. The molecule has 23 heavy (non-hydrogen) atoms. The van der Waals surface area contributed by atoms with Gasteiger partial charge in [-0.05, 0) is 42.8 Å². The SMILES string of the molecule is Cc1cc(NO)ccc1-c1ccc(/C=C2\SC(=S)N(C)C2=O)o1. The van der Waals surface area contributed by atoms with Gasteiger partial charge in [-0.2, -0.15) is 0 Å². The number of anilines is 1. The molecule has 0 unspecified atom stereocenters. The molecule has 3 rings (SSSR count). The highest BCUT2D eigenvalue weighted by atomic mass is 32.2. The van der Waals surface area contributed by atoms with Crippen LogP contribution in [-0.2, 0) is 4.79 Å². The normalized spacial score (nSPS) is 16.5. The smallest absolute Gasteiger partial charge is 0.266 e. The Balaban J connectivity index is 1.90. The fraction of sp³-hybridized carbons (Fsp3) is 0.125. The van der Waals surface area contributed by atoms with Gasteiger partial charge < -0.3 is 4.42 Å². The molecule has 1 fully saturated rings. The molecule has 2 heterocycles. The summed E-state index contributed by atoms with van der Waals surface area (Å²) in [5.74, 6) is 1.18. The zero-order chi connectivity index (χ0) is 16.6. The lowest BCUT2D eigenvalue weighted by atomic mass is 10.1. The van der Waals surface area contributed by atoms with Crippen molar-refractivity contribution in [3.8, 4) is 11.3 Å². The molecular weight excluding hydrogens is 332 g/mol. The summed E-state index contributed by atoms with van der Waals surface area (Å²) >= 11 is 6.37. The number of hydrogen-bond donors (Lipinski definition) is 2. The minimum absolute atomic E-state index is 0.118. The largest absolute Gasteiger partial charge is 0.457 e. The maximum Gasteiger partial charge on any atom is 0.266 e. The van der Waals surface area contributed by atoms with E-state index in [2.05, 4.69) is 5.48 Å². The number of carbonyl (C=O) groups excluding carboxylic acids is 1. The molecule has 7 heteroatoms. The molecule has 1 aromatic carbocycles. The molecule has 5 nitrogen and oxygen atoms in total. The maximum atomic E-state index is 12.0. The highest BCUT2D eigenvalue weighted by Gasteiger charge is 2.29. The Hall–Kier alpha value is -2.09. The highest BCUT2D eigenvalue weighted by Crippen LogP contribution is 2.33. The number of aryl methyl sites for hydroxylation is 1. The number of rotatable bonds is 3. The van der Waals surface area contributed by atoms with Gasteiger partial charge >= 0.3 is 0 Å². The van der Waals surface area contributed by atoms with Gasteiger partial charge in [-0.25, -0.2) is 0 Å². The van der Waals surface area contributed by atoms with Crippen molar-refractivity contribution in [2.45, 2.75) is 6.92 Å². The van der Waals surface area contributed by atoms with Crippen LogP contribution < -0.4 is 5.48 Å². The molecule has 2 aromatic rings. The van der Waals surface area contributed by atoms with E-state index in [4.69, 9.17) is 21.8 Å². The van der Waals surface area contributed by atoms with Gasteiger partial charge in [-0.15, -0.1) is 0 Å². The predicted octanol–water partition coefficient (Wildman–Crippen LogP) is 3.89. The molecule has 0 aliphatic carbocycles. The van der Waals surface area contributed by atoms with Crippen molar-refractivity contribution in [1.82, 2.24) is 4.90 Å². The van der Waals surface area contributed by atoms with E-state index in [0.29, 0.717) is 26.4 Å². The van der Waals surface area contributed by atoms with E-state index in [1.54, 1.807) is 19.2 Å². The molecule has 0 bridgehead atoms. The van der Waals surface area contributed by atoms with Crippen LogP contribution in [0.25, 0.3) is 17.4 Å². The minimum atomic E-state index is -0.118. The molecule has 0 spiro atoms. The van der Waals surface area contributed by atoms with Gasteiger partial charge in [0, 0.05) is 18.7 Å². The monoisotopic (exact) mass is 346 g/mol. The summed E-state index contributed by atoms with van der Waals surface area (Å²) in [6.07, 6.45) is 1.70. The lowest BCUT2D eigenvalue weighted by Gasteiger charge is -2.05. The van der Waals surface area contributed by atoms with E-state index in [-0.39, 0.29) is 5.91 Å². The molecule has 1 aliphatic rings. The number of amides is 1. The van der Waals surface area contributed by atoms with Gasteiger partial charge in [0.2, 0.25) is 0 Å². The number of furan rings is 1. The summed E-state index contributed by atoms with van der Waals surface area (Å²) in [6.45, 7) is 1.93. The molecule has 1 amide bonds. The molecule has 0 radical (unpaired) electrons. The van der Waals surface area contributed by atoms with Crippen LogP contribution in [0.15, 0.2) is 39.7 Å². The molecule has 1 aliphatic heterocycles. The van der Waals surface area contributed by atoms with Crippen molar-refractivity contribution >= 4 is 46.0 Å². The predicted molar refractivity (Wildman–Crippen MR) is 95.2 cm³/mol. The number of thioether (sulfide) groups is 1. The van der Waals surface area contributed by atoms with Crippen LogP contribution in [0.2, 0.25) is 0 Å². The highest BCUT2D eigenvalue weighted by molar-refractivity contribution is 8.26. The Labute approximate surface area is 142 Å². The summed E-state index contributed by atoms with van der Waals surface area (Å²) in [5, 5.41) is 8.92. The average Bonchev–Trinajstić information content (AvgIpc) is 3.08. The third-order valence-corrected chi connectivity index (χ3v) is 4.99. The quantitative estimate of drug-likeness (QED) is 0.499. The zero-order valence-electron chi connectivity index (χ0n) is 12.5. The average molecular weight is 346 g/mol. The minimum Gasteiger partial charge on any atom is -0.457 e. The Kier molecular flexibility index (Phi) is 4.25. The standard InChI is InChI=1S/C16H14N2O3S2/c1-9-7-10(17-20)3-5-12(9)13-6-4-11(21-13)8-14-15(19)18(2)16(22)23-14/h3-8,17,20H,1-2H3/b14-8-. The second kappa shape index (κ2) is 6.19. The fourth-order valence-corrected chi connectivity index (χ4v) is 3.42. The molecule has 118 valence electrons. The Morgan fingerprint density at radius 1 is 1.35 bits per heavy atom. The van der Waals surface area contributed by atoms with Crippen molar-refractivity contribution in [2.75, 3.05) is 12.5 Å². The van der Waals surface area contributed by atoms with Crippen LogP contribution >= 0.6 is 24.0 Å². The van der Waals surface area contributed by atoms with E-state index in [1.807, 2.05) is 31.2 Å². The number of nitrogens with zero attached hydrogens (tertiary/aromatic N) is 1. The Bertz CT molecular complexity index is 826. The van der Waals surface area contributed by atoms with E-state index in [1.165, 1.54) is 16.7 Å². The number of carbonyl (C=O) groups is 1. The van der Waals surface area contributed by atoms with E-state index in [0.717, 1.165) is 11.1 Å². The van der Waals surface area contributed by atoms with E-state index in [9.17, 15) is 4.79 Å². The van der Waals surface area contributed by atoms with Crippen LogP contribution in [-0.4, -0.2) is 27.4 Å². The third kappa shape index (κ3) is 3.03. The second-order valence-electron chi connectivity index (χ2n) is 5.08. The van der Waals surface area contributed by atoms with E-state index >= 15 is 0 Å². The topological polar surface area (TPSA) is 65.7 Å². The fourth-order valence-electron chi connectivity index (χ4n) is 2.26. The molecule has 2 N–H and O–H groups in total. The number of nitrogens with one attached hydrogen (secondary N) is 1. The first-order valence-electron chi connectivity index (χ1n) is 6.82. The lowest BCUT2D eigenvalue weighted by molar-refractivity contribution is -0.121. The number of hydrogen-bond acceptors (Lipinski definition) is 6. The number of thiocarbonyl (C=S) groups is 1.